The fourth-order valence-corrected chi connectivity index (χ4v) is 2.56. The molecule has 0 spiro atoms. The van der Waals surface area contributed by atoms with Crippen molar-refractivity contribution in [2.45, 2.75) is 52.4 Å². The lowest BCUT2D eigenvalue weighted by Gasteiger charge is -2.10. The Morgan fingerprint density at radius 3 is 2.57 bits per heavy atom. The summed E-state index contributed by atoms with van der Waals surface area (Å²) in [6.45, 7) is 11.9. The summed E-state index contributed by atoms with van der Waals surface area (Å²) in [5.74, 6) is 6.90. The summed E-state index contributed by atoms with van der Waals surface area (Å²) in [7, 11) is 0. The number of esters is 1. The van der Waals surface area contributed by atoms with E-state index in [-0.39, 0.29) is 12.4 Å². The maximum atomic E-state index is 11.7. The van der Waals surface area contributed by atoms with Crippen molar-refractivity contribution in [3.63, 3.8) is 0 Å². The second-order valence-electron chi connectivity index (χ2n) is 5.48. The van der Waals surface area contributed by atoms with Crippen LogP contribution < -0.4 is 0 Å². The molecule has 0 unspecified atom stereocenters. The van der Waals surface area contributed by atoms with E-state index in [9.17, 15) is 4.79 Å². The van der Waals surface area contributed by atoms with Gasteiger partial charge in [0.2, 0.25) is 0 Å². The van der Waals surface area contributed by atoms with Crippen LogP contribution in [0.5, 0.6) is 0 Å². The Kier molecular flexibility index (Phi) is 7.61. The van der Waals surface area contributed by atoms with Crippen molar-refractivity contribution in [2.24, 2.45) is 5.92 Å². The van der Waals surface area contributed by atoms with Gasteiger partial charge in [0, 0.05) is 11.5 Å². The summed E-state index contributed by atoms with van der Waals surface area (Å²) < 4.78 is 5.04. The Morgan fingerprint density at radius 2 is 2.05 bits per heavy atom. The van der Waals surface area contributed by atoms with E-state index in [0.29, 0.717) is 18.9 Å². The van der Waals surface area contributed by atoms with Gasteiger partial charge in [0.05, 0.1) is 13.0 Å². The highest BCUT2D eigenvalue weighted by atomic mass is 16.5. The number of carbonyl (C=O) groups excluding carboxylic acids is 1. The maximum Gasteiger partial charge on any atom is 0.309 e. The van der Waals surface area contributed by atoms with Gasteiger partial charge < -0.3 is 4.74 Å². The number of ether oxygens (including phenoxy) is 1. The lowest BCUT2D eigenvalue weighted by Crippen LogP contribution is -2.07. The number of allylic oxidation sites excluding steroid dienone is 3. The number of rotatable bonds is 6. The zero-order valence-corrected chi connectivity index (χ0v) is 13.3. The molecular formula is C19H26O2. The summed E-state index contributed by atoms with van der Waals surface area (Å²) in [6.07, 6.45) is 7.62. The smallest absolute Gasteiger partial charge is 0.309 e. The predicted molar refractivity (Wildman–Crippen MR) is 87.6 cm³/mol. The van der Waals surface area contributed by atoms with Crippen LogP contribution in [0.15, 0.2) is 36.0 Å². The molecule has 0 saturated heterocycles. The molecule has 1 fully saturated rings. The third-order valence-corrected chi connectivity index (χ3v) is 3.59. The summed E-state index contributed by atoms with van der Waals surface area (Å²) >= 11 is 0. The summed E-state index contributed by atoms with van der Waals surface area (Å²) in [5.41, 5.74) is 2.76. The molecule has 1 rings (SSSR count). The molecule has 1 aliphatic carbocycles. The SMILES string of the molecule is C=CC/C(CC(=O)OCC)=C(/C#CC1CCCC1)C(=C)C. The number of carbonyl (C=O) groups is 1. The van der Waals surface area contributed by atoms with E-state index in [1.165, 1.54) is 25.7 Å². The van der Waals surface area contributed by atoms with E-state index >= 15 is 0 Å². The highest BCUT2D eigenvalue weighted by molar-refractivity contribution is 5.73. The van der Waals surface area contributed by atoms with Crippen LogP contribution in [0.4, 0.5) is 0 Å². The Morgan fingerprint density at radius 1 is 1.38 bits per heavy atom. The van der Waals surface area contributed by atoms with Gasteiger partial charge in [-0.05, 0) is 44.3 Å². The molecule has 2 nitrogen and oxygen atoms in total. The largest absolute Gasteiger partial charge is 0.466 e. The van der Waals surface area contributed by atoms with E-state index in [1.807, 2.05) is 13.8 Å². The Balaban J connectivity index is 2.98. The van der Waals surface area contributed by atoms with Crippen LogP contribution in [0.25, 0.3) is 0 Å². The molecule has 1 saturated carbocycles. The third-order valence-electron chi connectivity index (χ3n) is 3.59. The second-order valence-corrected chi connectivity index (χ2v) is 5.48. The quantitative estimate of drug-likeness (QED) is 0.309. The van der Waals surface area contributed by atoms with E-state index in [0.717, 1.165) is 16.7 Å². The van der Waals surface area contributed by atoms with E-state index in [1.54, 1.807) is 6.08 Å². The Labute approximate surface area is 129 Å². The minimum absolute atomic E-state index is 0.212. The summed E-state index contributed by atoms with van der Waals surface area (Å²) in [6, 6.07) is 0. The average molecular weight is 286 g/mol. The molecule has 0 atom stereocenters. The highest BCUT2D eigenvalue weighted by Gasteiger charge is 2.14. The van der Waals surface area contributed by atoms with Crippen molar-refractivity contribution in [1.82, 2.24) is 0 Å². The van der Waals surface area contributed by atoms with Gasteiger partial charge in [-0.2, -0.15) is 0 Å². The van der Waals surface area contributed by atoms with Gasteiger partial charge in [0.15, 0.2) is 0 Å². The normalized spacial score (nSPS) is 15.7. The molecular weight excluding hydrogens is 260 g/mol. The summed E-state index contributed by atoms with van der Waals surface area (Å²) in [4.78, 5) is 11.7. The van der Waals surface area contributed by atoms with Crippen LogP contribution in [-0.4, -0.2) is 12.6 Å². The molecule has 0 amide bonds. The molecule has 0 aromatic rings. The first-order chi connectivity index (χ1) is 10.1. The minimum Gasteiger partial charge on any atom is -0.466 e. The number of hydrogen-bond donors (Lipinski definition) is 0. The van der Waals surface area contributed by atoms with Crippen LogP contribution >= 0.6 is 0 Å². The van der Waals surface area contributed by atoms with Crippen molar-refractivity contribution in [3.8, 4) is 11.8 Å². The lowest BCUT2D eigenvalue weighted by atomic mass is 9.96. The molecule has 0 aromatic heterocycles. The van der Waals surface area contributed by atoms with E-state index in [2.05, 4.69) is 25.0 Å². The van der Waals surface area contributed by atoms with Crippen molar-refractivity contribution in [2.75, 3.05) is 6.61 Å². The van der Waals surface area contributed by atoms with Crippen LogP contribution in [0, 0.1) is 17.8 Å². The van der Waals surface area contributed by atoms with Crippen LogP contribution in [-0.2, 0) is 9.53 Å². The maximum absolute atomic E-state index is 11.7. The van der Waals surface area contributed by atoms with Crippen molar-refractivity contribution >= 4 is 5.97 Å². The highest BCUT2D eigenvalue weighted by Crippen LogP contribution is 2.25. The van der Waals surface area contributed by atoms with Gasteiger partial charge in [-0.3, -0.25) is 4.79 Å². The molecule has 21 heavy (non-hydrogen) atoms. The monoisotopic (exact) mass is 286 g/mol. The van der Waals surface area contributed by atoms with Gasteiger partial charge >= 0.3 is 5.97 Å². The molecule has 0 aliphatic heterocycles. The average Bonchev–Trinajstić information content (AvgIpc) is 2.92. The van der Waals surface area contributed by atoms with E-state index < -0.39 is 0 Å². The Bertz CT molecular complexity index is 479. The molecule has 1 aliphatic rings. The zero-order chi connectivity index (χ0) is 15.7. The molecule has 0 N–H and O–H groups in total. The van der Waals surface area contributed by atoms with Crippen molar-refractivity contribution < 1.29 is 9.53 Å². The Hall–Kier alpha value is -1.75. The fourth-order valence-electron chi connectivity index (χ4n) is 2.56. The predicted octanol–water partition coefficient (Wildman–Crippen LogP) is 4.58. The van der Waals surface area contributed by atoms with Gasteiger partial charge in [0.25, 0.3) is 0 Å². The third kappa shape index (κ3) is 6.04. The minimum atomic E-state index is -0.212. The molecule has 0 heterocycles. The van der Waals surface area contributed by atoms with Crippen molar-refractivity contribution in [1.29, 1.82) is 0 Å². The molecule has 2 heteroatoms. The topological polar surface area (TPSA) is 26.3 Å². The first-order valence-electron chi connectivity index (χ1n) is 7.74. The molecule has 0 radical (unpaired) electrons. The fraction of sp³-hybridized carbons (Fsp3) is 0.526. The lowest BCUT2D eigenvalue weighted by molar-refractivity contribution is -0.142. The standard InChI is InChI=1S/C19H26O2/c1-5-9-17(14-19(20)21-6-2)18(15(3)4)13-12-16-10-7-8-11-16/h5,16H,1,3,6-11,14H2,2,4H3/b18-17+. The van der Waals surface area contributed by atoms with Crippen LogP contribution in [0.2, 0.25) is 0 Å². The first-order valence-corrected chi connectivity index (χ1v) is 7.74. The molecule has 0 aromatic carbocycles. The van der Waals surface area contributed by atoms with E-state index in [4.69, 9.17) is 4.74 Å². The van der Waals surface area contributed by atoms with Crippen LogP contribution in [0.1, 0.15) is 52.4 Å². The summed E-state index contributed by atoms with van der Waals surface area (Å²) in [5, 5.41) is 0. The van der Waals surface area contributed by atoms with Gasteiger partial charge in [-0.25, -0.2) is 0 Å². The number of hydrogen-bond acceptors (Lipinski definition) is 2. The van der Waals surface area contributed by atoms with Gasteiger partial charge in [-0.1, -0.05) is 37.3 Å². The van der Waals surface area contributed by atoms with Crippen LogP contribution in [0.3, 0.4) is 0 Å². The second kappa shape index (κ2) is 9.23. The first kappa shape index (κ1) is 17.3. The zero-order valence-electron chi connectivity index (χ0n) is 13.3. The van der Waals surface area contributed by atoms with Gasteiger partial charge in [0.1, 0.15) is 0 Å². The molecule has 114 valence electrons. The molecule has 0 bridgehead atoms. The van der Waals surface area contributed by atoms with Crippen molar-refractivity contribution in [3.05, 3.63) is 36.0 Å². The van der Waals surface area contributed by atoms with Gasteiger partial charge in [-0.15, -0.1) is 6.58 Å².